The second kappa shape index (κ2) is 15.7. The van der Waals surface area contributed by atoms with Crippen LogP contribution in [-0.2, 0) is 4.79 Å². The molecule has 0 aliphatic rings. The maximum atomic E-state index is 9.47. The van der Waals surface area contributed by atoms with Gasteiger partial charge < -0.3 is 11.2 Å². The fraction of sp³-hybridized carbons (Fsp3) is 0. The number of nitriles is 1. The predicted molar refractivity (Wildman–Crippen MR) is 38.8 cm³/mol. The van der Waals surface area contributed by atoms with Crippen LogP contribution in [0.15, 0.2) is 25.3 Å². The van der Waals surface area contributed by atoms with Crippen LogP contribution in [0.5, 0.6) is 0 Å². The molecule has 56 valence electrons. The number of amides is 1. The molecule has 0 aromatic carbocycles. The number of nitrogens with two attached hydrogens (primary N) is 1. The van der Waals surface area contributed by atoms with E-state index in [1.165, 1.54) is 6.08 Å². The lowest BCUT2D eigenvalue weighted by atomic mass is 10.6. The first-order valence-electron chi connectivity index (χ1n) is 2.11. The van der Waals surface area contributed by atoms with Gasteiger partial charge in [-0.05, 0) is 6.08 Å². The Morgan fingerprint density at radius 1 is 1.60 bits per heavy atom. The summed E-state index contributed by atoms with van der Waals surface area (Å²) in [5.74, 6) is -0.481. The second-order valence-electron chi connectivity index (χ2n) is 0.940. The number of carbonyl (C=O) groups is 1. The van der Waals surface area contributed by atoms with E-state index >= 15 is 0 Å². The Bertz CT molecular complexity index is 146. The third-order valence-electron chi connectivity index (χ3n) is 0.292. The summed E-state index contributed by atoms with van der Waals surface area (Å²) in [5, 5.41) is 7.51. The van der Waals surface area contributed by atoms with Gasteiger partial charge in [0.05, 0.1) is 6.07 Å². The van der Waals surface area contributed by atoms with Gasteiger partial charge in [0.1, 0.15) is 0 Å². The Morgan fingerprint density at radius 2 is 1.80 bits per heavy atom. The van der Waals surface area contributed by atoms with Crippen molar-refractivity contribution in [1.82, 2.24) is 0 Å². The van der Waals surface area contributed by atoms with Crippen molar-refractivity contribution in [1.29, 1.82) is 5.26 Å². The fourth-order valence-corrected chi connectivity index (χ4v) is 0. The average molecular weight is 142 g/mol. The van der Waals surface area contributed by atoms with Gasteiger partial charge in [0.15, 0.2) is 0 Å². The maximum absolute atomic E-state index is 9.47. The van der Waals surface area contributed by atoms with Crippen molar-refractivity contribution in [3.8, 4) is 6.07 Å². The van der Waals surface area contributed by atoms with E-state index in [1.807, 2.05) is 0 Å². The molecule has 10 heavy (non-hydrogen) atoms. The highest BCUT2D eigenvalue weighted by Gasteiger charge is 1.69. The van der Waals surface area contributed by atoms with Crippen molar-refractivity contribution in [2.45, 2.75) is 0 Å². The van der Waals surface area contributed by atoms with Gasteiger partial charge in [0, 0.05) is 6.08 Å². The molecule has 0 aliphatic heterocycles. The normalized spacial score (nSPS) is 4.70. The number of carbonyl (C=O) groups excluding carboxylic acids is 1. The summed E-state index contributed by atoms with van der Waals surface area (Å²) in [6.45, 7) is 6.20. The van der Waals surface area contributed by atoms with Crippen LogP contribution < -0.4 is 5.73 Å². The van der Waals surface area contributed by atoms with Crippen molar-refractivity contribution in [2.24, 2.45) is 5.73 Å². The first-order chi connectivity index (χ1) is 4.18. The summed E-state index contributed by atoms with van der Waals surface area (Å²) < 4.78 is 0. The number of rotatable bonds is 1. The summed E-state index contributed by atoms with van der Waals surface area (Å²) >= 11 is 0. The number of allylic oxidation sites excluding steroid dienone is 1. The lowest BCUT2D eigenvalue weighted by Crippen LogP contribution is -2.04. The van der Waals surface area contributed by atoms with E-state index in [1.54, 1.807) is 6.07 Å². The average Bonchev–Trinajstić information content (AvgIpc) is 1.89. The molecule has 4 N–H and O–H groups in total. The molecule has 0 bridgehead atoms. The van der Waals surface area contributed by atoms with Crippen molar-refractivity contribution >= 4 is 5.91 Å². The molecule has 0 spiro atoms. The summed E-state index contributed by atoms with van der Waals surface area (Å²) in [6, 6.07) is 1.69. The number of hydrogen-bond donors (Lipinski definition) is 1. The van der Waals surface area contributed by atoms with Gasteiger partial charge in [0.25, 0.3) is 0 Å². The lowest BCUT2D eigenvalue weighted by molar-refractivity contribution is -0.113. The van der Waals surface area contributed by atoms with Gasteiger partial charge in [-0.1, -0.05) is 13.2 Å². The Hall–Kier alpha value is -1.60. The van der Waals surface area contributed by atoms with E-state index in [2.05, 4.69) is 18.9 Å². The van der Waals surface area contributed by atoms with Crippen molar-refractivity contribution in [3.63, 3.8) is 0 Å². The fourth-order valence-electron chi connectivity index (χ4n) is 0. The van der Waals surface area contributed by atoms with Gasteiger partial charge in [-0.25, -0.2) is 0 Å². The minimum Gasteiger partial charge on any atom is -0.412 e. The van der Waals surface area contributed by atoms with Crippen molar-refractivity contribution in [2.75, 3.05) is 0 Å². The topological polar surface area (TPSA) is 98.4 Å². The number of primary amides is 1. The van der Waals surface area contributed by atoms with Crippen LogP contribution in [0.3, 0.4) is 0 Å². The molecular formula is C6H10N2O2. The third kappa shape index (κ3) is 95.2. The van der Waals surface area contributed by atoms with Gasteiger partial charge >= 0.3 is 0 Å². The van der Waals surface area contributed by atoms with Crippen LogP contribution in [-0.4, -0.2) is 11.4 Å². The Morgan fingerprint density at radius 3 is 1.80 bits per heavy atom. The first kappa shape index (κ1) is 15.8. The number of hydrogen-bond acceptors (Lipinski definition) is 2. The highest BCUT2D eigenvalue weighted by Crippen LogP contribution is 1.48. The minimum atomic E-state index is -0.481. The first-order valence-corrected chi connectivity index (χ1v) is 2.11. The molecule has 0 saturated carbocycles. The van der Waals surface area contributed by atoms with Crippen molar-refractivity contribution in [3.05, 3.63) is 25.3 Å². The molecule has 0 radical (unpaired) electrons. The summed E-state index contributed by atoms with van der Waals surface area (Å²) in [6.07, 6.45) is 2.24. The monoisotopic (exact) mass is 142 g/mol. The zero-order chi connectivity index (χ0) is 7.70. The third-order valence-corrected chi connectivity index (χ3v) is 0.292. The molecule has 0 aromatic rings. The maximum Gasteiger partial charge on any atom is 0.240 e. The Labute approximate surface area is 59.6 Å². The van der Waals surface area contributed by atoms with Crippen LogP contribution in [0.25, 0.3) is 0 Å². The van der Waals surface area contributed by atoms with E-state index in [4.69, 9.17) is 5.26 Å². The molecule has 0 atom stereocenters. The standard InChI is InChI=1S/C3H5NO.C3H3N.H2O/c1-2-3(4)5;1-2-3-4;/h2H,1H2,(H2,4,5);2H,1H2;1H2. The lowest BCUT2D eigenvalue weighted by Gasteiger charge is -1.65. The summed E-state index contributed by atoms with van der Waals surface area (Å²) in [7, 11) is 0. The van der Waals surface area contributed by atoms with E-state index in [0.29, 0.717) is 0 Å². The van der Waals surface area contributed by atoms with E-state index in [9.17, 15) is 4.79 Å². The number of nitrogens with zero attached hydrogens (tertiary/aromatic N) is 1. The van der Waals surface area contributed by atoms with Gasteiger partial charge in [-0.3, -0.25) is 4.79 Å². The van der Waals surface area contributed by atoms with Crippen LogP contribution in [0.2, 0.25) is 0 Å². The van der Waals surface area contributed by atoms with E-state index < -0.39 is 5.91 Å². The van der Waals surface area contributed by atoms with Crippen molar-refractivity contribution < 1.29 is 10.3 Å². The molecule has 0 heterocycles. The molecule has 0 aromatic heterocycles. The van der Waals surface area contributed by atoms with Gasteiger partial charge in [0.2, 0.25) is 5.91 Å². The molecule has 0 aliphatic carbocycles. The molecule has 0 unspecified atom stereocenters. The summed E-state index contributed by atoms with van der Waals surface area (Å²) in [4.78, 5) is 9.47. The Kier molecular flexibility index (Phi) is 24.7. The van der Waals surface area contributed by atoms with Crippen LogP contribution in [0.1, 0.15) is 0 Å². The van der Waals surface area contributed by atoms with Crippen LogP contribution in [0.4, 0.5) is 0 Å². The smallest absolute Gasteiger partial charge is 0.240 e. The molecule has 4 heteroatoms. The highest BCUT2D eigenvalue weighted by molar-refractivity contribution is 5.84. The molecule has 0 rings (SSSR count). The molecular weight excluding hydrogens is 132 g/mol. The largest absolute Gasteiger partial charge is 0.412 e. The van der Waals surface area contributed by atoms with E-state index in [0.717, 1.165) is 6.08 Å². The minimum absolute atomic E-state index is 0. The molecule has 4 nitrogen and oxygen atoms in total. The SMILES string of the molecule is C=CC#N.C=CC(N)=O.O. The molecule has 1 amide bonds. The summed E-state index contributed by atoms with van der Waals surface area (Å²) in [5.41, 5.74) is 4.53. The zero-order valence-corrected chi connectivity index (χ0v) is 5.50. The zero-order valence-electron chi connectivity index (χ0n) is 5.50. The predicted octanol–water partition coefficient (Wildman–Crippen LogP) is -0.471. The van der Waals surface area contributed by atoms with E-state index in [-0.39, 0.29) is 5.48 Å². The molecule has 0 saturated heterocycles. The second-order valence-corrected chi connectivity index (χ2v) is 0.940. The van der Waals surface area contributed by atoms with Gasteiger partial charge in [-0.15, -0.1) is 0 Å². The van der Waals surface area contributed by atoms with Crippen LogP contribution in [0, 0.1) is 11.3 Å². The van der Waals surface area contributed by atoms with Gasteiger partial charge in [-0.2, -0.15) is 5.26 Å². The quantitative estimate of drug-likeness (QED) is 0.395. The molecule has 0 fully saturated rings. The van der Waals surface area contributed by atoms with Crippen LogP contribution >= 0.6 is 0 Å². The highest BCUT2D eigenvalue weighted by atomic mass is 16.1. The Balaban J connectivity index is -0.0000000910.